The molecule has 0 aromatic heterocycles. The SMILES string of the molecule is COC(=O)[C@H](CCCC1OCCO1)CCC(=O)[C@H](CCSSCC[C@H](NC(=O)OCc1ccccc1)C(=O)N[C@@H](CCCC1OCCO1)C(=O)OC)NC(=O)OCc1ccccc1. The van der Waals surface area contributed by atoms with Crippen molar-refractivity contribution < 1.29 is 66.7 Å². The molecule has 4 atom stereocenters. The number of amides is 3. The third-order valence-corrected chi connectivity index (χ3v) is 12.6. The van der Waals surface area contributed by atoms with E-state index in [2.05, 4.69) is 16.0 Å². The minimum absolute atomic E-state index is 0.00987. The number of nitrogens with one attached hydrogen (secondary N) is 3. The van der Waals surface area contributed by atoms with E-state index < -0.39 is 54.1 Å². The molecule has 2 fully saturated rings. The van der Waals surface area contributed by atoms with Crippen LogP contribution in [-0.4, -0.2) is 119 Å². The van der Waals surface area contributed by atoms with E-state index in [4.69, 9.17) is 37.9 Å². The van der Waals surface area contributed by atoms with Crippen LogP contribution in [0.25, 0.3) is 0 Å². The molecule has 2 aromatic rings. The molecule has 0 radical (unpaired) electrons. The Hall–Kier alpha value is -4.40. The van der Waals surface area contributed by atoms with E-state index in [-0.39, 0.29) is 63.7 Å². The summed E-state index contributed by atoms with van der Waals surface area (Å²) in [5.74, 6) is -1.60. The Kier molecular flexibility index (Phi) is 24.3. The molecule has 0 saturated carbocycles. The largest absolute Gasteiger partial charge is 0.469 e. The number of alkyl carbamates (subject to hydrolysis) is 2. The average Bonchev–Trinajstić information content (AvgIpc) is 4.04. The lowest BCUT2D eigenvalue weighted by Crippen LogP contribution is -2.52. The number of Topliss-reactive ketones (excluding diaryl/α,β-unsaturated/α-hetero) is 1. The Bertz CT molecular complexity index is 1680. The van der Waals surface area contributed by atoms with Gasteiger partial charge in [0.1, 0.15) is 25.3 Å². The van der Waals surface area contributed by atoms with Crippen LogP contribution >= 0.6 is 21.6 Å². The minimum atomic E-state index is -1.06. The molecule has 348 valence electrons. The molecular weight excluding hydrogens is 859 g/mol. The molecule has 0 aliphatic carbocycles. The van der Waals surface area contributed by atoms with Gasteiger partial charge in [0, 0.05) is 17.9 Å². The third-order valence-electron chi connectivity index (χ3n) is 10.2. The zero-order chi connectivity index (χ0) is 45.1. The van der Waals surface area contributed by atoms with E-state index in [0.717, 1.165) is 11.1 Å². The summed E-state index contributed by atoms with van der Waals surface area (Å²) in [4.78, 5) is 78.4. The Morgan fingerprint density at radius 3 is 1.57 bits per heavy atom. The van der Waals surface area contributed by atoms with Crippen molar-refractivity contribution >= 4 is 57.4 Å². The highest BCUT2D eigenvalue weighted by molar-refractivity contribution is 8.76. The van der Waals surface area contributed by atoms with Gasteiger partial charge in [-0.1, -0.05) is 82.3 Å². The van der Waals surface area contributed by atoms with Crippen molar-refractivity contribution in [3.63, 3.8) is 0 Å². The van der Waals surface area contributed by atoms with Crippen LogP contribution in [0.4, 0.5) is 9.59 Å². The van der Waals surface area contributed by atoms with Crippen molar-refractivity contribution in [3.05, 3.63) is 71.8 Å². The molecule has 2 saturated heterocycles. The summed E-state index contributed by atoms with van der Waals surface area (Å²) >= 11 is 0. The quantitative estimate of drug-likeness (QED) is 0.0391. The Morgan fingerprint density at radius 1 is 0.587 bits per heavy atom. The molecule has 0 unspecified atom stereocenters. The average molecular weight is 920 g/mol. The number of carbonyl (C=O) groups excluding carboxylic acids is 6. The smallest absolute Gasteiger partial charge is 0.408 e. The van der Waals surface area contributed by atoms with Gasteiger partial charge in [0.05, 0.1) is 52.6 Å². The maximum atomic E-state index is 13.7. The van der Waals surface area contributed by atoms with Gasteiger partial charge in [-0.15, -0.1) is 0 Å². The topological polar surface area (TPSA) is 212 Å². The summed E-state index contributed by atoms with van der Waals surface area (Å²) in [5, 5.41) is 8.09. The highest BCUT2D eigenvalue weighted by atomic mass is 33.1. The molecule has 19 heteroatoms. The van der Waals surface area contributed by atoms with E-state index >= 15 is 0 Å². The molecule has 2 aliphatic heterocycles. The van der Waals surface area contributed by atoms with Crippen LogP contribution in [-0.2, 0) is 70.3 Å². The Labute approximate surface area is 376 Å². The summed E-state index contributed by atoms with van der Waals surface area (Å²) in [6.07, 6.45) is 1.51. The van der Waals surface area contributed by atoms with E-state index in [0.29, 0.717) is 70.0 Å². The first-order valence-corrected chi connectivity index (χ1v) is 23.8. The fourth-order valence-electron chi connectivity index (χ4n) is 6.71. The molecule has 3 amide bonds. The van der Waals surface area contributed by atoms with Crippen molar-refractivity contribution in [2.75, 3.05) is 52.2 Å². The van der Waals surface area contributed by atoms with Crippen molar-refractivity contribution in [2.24, 2.45) is 5.92 Å². The maximum Gasteiger partial charge on any atom is 0.408 e. The molecule has 0 bridgehead atoms. The number of rotatable bonds is 29. The van der Waals surface area contributed by atoms with E-state index in [1.54, 1.807) is 12.1 Å². The second-order valence-electron chi connectivity index (χ2n) is 14.8. The molecule has 0 spiro atoms. The van der Waals surface area contributed by atoms with Crippen molar-refractivity contribution in [2.45, 2.75) is 108 Å². The summed E-state index contributed by atoms with van der Waals surface area (Å²) in [6.45, 7) is 2.07. The number of esters is 2. The Balaban J connectivity index is 1.32. The standard InChI is InChI=1S/C44H61N3O14S2/c1-54-41(50)33(15-9-17-38-56-23-24-57-38)19-20-37(48)34(46-43(52)60-29-31-11-5-3-6-12-31)21-27-62-63-28-22-35(47-44(53)61-30-32-13-7-4-8-14-32)40(49)45-36(42(51)55-2)16-10-18-39-58-25-26-59-39/h3-8,11-14,33-36,38-39H,9-10,15-30H2,1-2H3,(H,45,49)(H,46,52)(H,47,53)/t33-,34+,35+,36+/m1/s1. The lowest BCUT2D eigenvalue weighted by atomic mass is 9.93. The van der Waals surface area contributed by atoms with Gasteiger partial charge in [0.2, 0.25) is 5.91 Å². The lowest BCUT2D eigenvalue weighted by molar-refractivity contribution is -0.146. The van der Waals surface area contributed by atoms with Gasteiger partial charge in [-0.2, -0.15) is 0 Å². The van der Waals surface area contributed by atoms with Crippen LogP contribution in [0.5, 0.6) is 0 Å². The summed E-state index contributed by atoms with van der Waals surface area (Å²) < 4.78 is 42.8. The van der Waals surface area contributed by atoms with Gasteiger partial charge in [0.25, 0.3) is 0 Å². The van der Waals surface area contributed by atoms with Crippen molar-refractivity contribution in [1.82, 2.24) is 16.0 Å². The highest BCUT2D eigenvalue weighted by Gasteiger charge is 2.29. The van der Waals surface area contributed by atoms with Gasteiger partial charge in [-0.05, 0) is 68.9 Å². The van der Waals surface area contributed by atoms with Crippen LogP contribution in [0.15, 0.2) is 60.7 Å². The first-order valence-electron chi connectivity index (χ1n) is 21.3. The number of ketones is 1. The van der Waals surface area contributed by atoms with Crippen LogP contribution in [0, 0.1) is 5.92 Å². The third kappa shape index (κ3) is 20.3. The van der Waals surface area contributed by atoms with Gasteiger partial charge in [-0.3, -0.25) is 14.4 Å². The molecule has 17 nitrogen and oxygen atoms in total. The van der Waals surface area contributed by atoms with Gasteiger partial charge < -0.3 is 53.8 Å². The first kappa shape index (κ1) is 51.2. The molecule has 2 heterocycles. The minimum Gasteiger partial charge on any atom is -0.469 e. The van der Waals surface area contributed by atoms with Crippen LogP contribution in [0.3, 0.4) is 0 Å². The maximum absolute atomic E-state index is 13.7. The van der Waals surface area contributed by atoms with Crippen LogP contribution < -0.4 is 16.0 Å². The number of ether oxygens (including phenoxy) is 8. The number of methoxy groups -OCH3 is 2. The van der Waals surface area contributed by atoms with Crippen molar-refractivity contribution in [3.8, 4) is 0 Å². The van der Waals surface area contributed by atoms with Crippen LogP contribution in [0.1, 0.15) is 75.3 Å². The Morgan fingerprint density at radius 2 is 1.06 bits per heavy atom. The number of carbonyl (C=O) groups is 6. The zero-order valence-corrected chi connectivity index (χ0v) is 37.6. The molecule has 2 aromatic carbocycles. The zero-order valence-electron chi connectivity index (χ0n) is 36.0. The second-order valence-corrected chi connectivity index (χ2v) is 17.5. The van der Waals surface area contributed by atoms with Gasteiger partial charge in [-0.25, -0.2) is 14.4 Å². The van der Waals surface area contributed by atoms with Crippen molar-refractivity contribution in [1.29, 1.82) is 0 Å². The predicted octanol–water partition coefficient (Wildman–Crippen LogP) is 5.62. The predicted molar refractivity (Wildman–Crippen MR) is 234 cm³/mol. The molecule has 63 heavy (non-hydrogen) atoms. The molecule has 3 N–H and O–H groups in total. The van der Waals surface area contributed by atoms with Gasteiger partial charge in [0.15, 0.2) is 18.4 Å². The summed E-state index contributed by atoms with van der Waals surface area (Å²) in [7, 11) is 5.38. The van der Waals surface area contributed by atoms with E-state index in [1.165, 1.54) is 35.8 Å². The van der Waals surface area contributed by atoms with E-state index in [1.807, 2.05) is 48.5 Å². The molecular formula is C44H61N3O14S2. The number of hydrogen-bond donors (Lipinski definition) is 3. The number of hydrogen-bond acceptors (Lipinski definition) is 16. The summed E-state index contributed by atoms with van der Waals surface area (Å²) in [5.41, 5.74) is 1.55. The molecule has 4 rings (SSSR count). The van der Waals surface area contributed by atoms with Gasteiger partial charge >= 0.3 is 24.1 Å². The molecule has 2 aliphatic rings. The number of benzene rings is 2. The lowest BCUT2D eigenvalue weighted by Gasteiger charge is -2.22. The highest BCUT2D eigenvalue weighted by Crippen LogP contribution is 2.26. The second kappa shape index (κ2) is 29.9. The summed E-state index contributed by atoms with van der Waals surface area (Å²) in [6, 6.07) is 15.3. The fourth-order valence-corrected chi connectivity index (χ4v) is 8.90. The fraction of sp³-hybridized carbons (Fsp3) is 0.591. The normalized spacial score (nSPS) is 16.0. The first-order chi connectivity index (χ1) is 30.6. The monoisotopic (exact) mass is 919 g/mol. The van der Waals surface area contributed by atoms with E-state index in [9.17, 15) is 28.8 Å². The van der Waals surface area contributed by atoms with Crippen LogP contribution in [0.2, 0.25) is 0 Å².